The lowest BCUT2D eigenvalue weighted by molar-refractivity contribution is -0.274. The molecule has 0 fully saturated rings. The van der Waals surface area contributed by atoms with Crippen molar-refractivity contribution in [2.75, 3.05) is 0 Å². The summed E-state index contributed by atoms with van der Waals surface area (Å²) in [5.74, 6) is 0.310. The molecule has 1 aliphatic rings. The zero-order chi connectivity index (χ0) is 29.0. The number of aryl methyl sites for hydroxylation is 1. The van der Waals surface area contributed by atoms with Crippen LogP contribution in [-0.2, 0) is 19.4 Å². The van der Waals surface area contributed by atoms with Crippen LogP contribution in [0.1, 0.15) is 53.8 Å². The van der Waals surface area contributed by atoms with Gasteiger partial charge in [-0.2, -0.15) is 0 Å². The van der Waals surface area contributed by atoms with Gasteiger partial charge in [-0.15, -0.1) is 24.5 Å². The second-order valence-electron chi connectivity index (χ2n) is 10.1. The minimum absolute atomic E-state index is 0.226. The number of nitrogens with zero attached hydrogens (tertiary/aromatic N) is 2. The minimum atomic E-state index is -4.76. The normalized spacial score (nSPS) is 16.0. The van der Waals surface area contributed by atoms with Crippen LogP contribution >= 0.6 is 46.8 Å². The van der Waals surface area contributed by atoms with Gasteiger partial charge in [-0.05, 0) is 98.1 Å². The van der Waals surface area contributed by atoms with Crippen LogP contribution < -0.4 is 10.1 Å². The Balaban J connectivity index is 1.36. The quantitative estimate of drug-likeness (QED) is 0.205. The molecule has 0 aliphatic heterocycles. The van der Waals surface area contributed by atoms with Crippen LogP contribution in [0.3, 0.4) is 0 Å². The van der Waals surface area contributed by atoms with Crippen LogP contribution in [0, 0.1) is 5.92 Å². The number of benzene rings is 2. The Hall–Kier alpha value is -2.59. The van der Waals surface area contributed by atoms with E-state index in [0.717, 1.165) is 82.6 Å². The Bertz CT molecular complexity index is 1550. The monoisotopic (exact) mass is 637 g/mol. The van der Waals surface area contributed by atoms with Gasteiger partial charge in [0, 0.05) is 27.2 Å². The number of nitrogens with one attached hydrogen (secondary N) is 1. The molecule has 4 aromatic rings. The van der Waals surface area contributed by atoms with Crippen molar-refractivity contribution in [2.45, 2.75) is 57.9 Å². The summed E-state index contributed by atoms with van der Waals surface area (Å²) in [5, 5.41) is 5.26. The van der Waals surface area contributed by atoms with Gasteiger partial charge in [0.25, 0.3) is 0 Å². The zero-order valence-electron chi connectivity index (χ0n) is 22.0. The molecule has 1 unspecified atom stereocenters. The SMILES string of the molecule is FC(F)(F)Oc1ccc2c(c1)c1c(n2C(=S)NCc2cnc(Cl)s2)CCC(CC/C=C/c2ccc(Cl)cc2)CCC1. The summed E-state index contributed by atoms with van der Waals surface area (Å²) in [5.41, 5.74) is 3.98. The summed E-state index contributed by atoms with van der Waals surface area (Å²) >= 11 is 19.2. The molecule has 0 saturated carbocycles. The van der Waals surface area contributed by atoms with Crippen LogP contribution in [0.5, 0.6) is 5.75 Å². The third-order valence-electron chi connectivity index (χ3n) is 7.28. The molecule has 0 radical (unpaired) electrons. The average molecular weight is 639 g/mol. The van der Waals surface area contributed by atoms with Crippen LogP contribution in [0.25, 0.3) is 17.0 Å². The fraction of sp³-hybridized carbons (Fsp3) is 0.333. The zero-order valence-corrected chi connectivity index (χ0v) is 25.2. The number of hydrogen-bond donors (Lipinski definition) is 1. The Morgan fingerprint density at radius 1 is 1.15 bits per heavy atom. The highest BCUT2D eigenvalue weighted by Crippen LogP contribution is 2.36. The largest absolute Gasteiger partial charge is 0.573 e. The summed E-state index contributed by atoms with van der Waals surface area (Å²) < 4.78 is 45.7. The summed E-state index contributed by atoms with van der Waals surface area (Å²) in [6.07, 6.45) is 7.83. The summed E-state index contributed by atoms with van der Waals surface area (Å²) in [6.45, 7) is 0.454. The maximum Gasteiger partial charge on any atom is 0.573 e. The highest BCUT2D eigenvalue weighted by molar-refractivity contribution is 7.80. The Morgan fingerprint density at radius 2 is 1.95 bits per heavy atom. The number of hydrogen-bond acceptors (Lipinski definition) is 4. The van der Waals surface area contributed by atoms with Crippen molar-refractivity contribution in [3.05, 3.63) is 85.9 Å². The van der Waals surface area contributed by atoms with Crippen molar-refractivity contribution < 1.29 is 17.9 Å². The molecule has 2 aromatic carbocycles. The third-order valence-corrected chi connectivity index (χ3v) is 8.97. The molecule has 11 heteroatoms. The van der Waals surface area contributed by atoms with Crippen molar-refractivity contribution in [1.29, 1.82) is 0 Å². The lowest BCUT2D eigenvalue weighted by Gasteiger charge is -2.21. The van der Waals surface area contributed by atoms with E-state index < -0.39 is 6.36 Å². The first-order valence-corrected chi connectivity index (χ1v) is 15.4. The molecule has 0 spiro atoms. The molecule has 0 bridgehead atoms. The van der Waals surface area contributed by atoms with E-state index in [1.54, 1.807) is 12.3 Å². The molecule has 4 nitrogen and oxygen atoms in total. The van der Waals surface area contributed by atoms with Crippen molar-refractivity contribution >= 4 is 68.8 Å². The van der Waals surface area contributed by atoms with E-state index in [9.17, 15) is 13.2 Å². The molecule has 2 heterocycles. The van der Waals surface area contributed by atoms with E-state index in [-0.39, 0.29) is 5.75 Å². The number of rotatable bonds is 7. The topological polar surface area (TPSA) is 39.1 Å². The van der Waals surface area contributed by atoms with Gasteiger partial charge in [0.2, 0.25) is 0 Å². The van der Waals surface area contributed by atoms with Crippen molar-refractivity contribution in [1.82, 2.24) is 14.9 Å². The van der Waals surface area contributed by atoms with Crippen molar-refractivity contribution in [3.8, 4) is 5.75 Å². The van der Waals surface area contributed by atoms with Crippen LogP contribution in [0.2, 0.25) is 9.49 Å². The number of alkyl halides is 3. The second kappa shape index (κ2) is 13.2. The Kier molecular flexibility index (Phi) is 9.59. The van der Waals surface area contributed by atoms with E-state index in [1.807, 2.05) is 28.8 Å². The van der Waals surface area contributed by atoms with Gasteiger partial charge in [0.15, 0.2) is 9.58 Å². The maximum atomic E-state index is 13.0. The van der Waals surface area contributed by atoms with Gasteiger partial charge in [-0.1, -0.05) is 53.9 Å². The van der Waals surface area contributed by atoms with Crippen LogP contribution in [0.4, 0.5) is 13.2 Å². The lowest BCUT2D eigenvalue weighted by Crippen LogP contribution is -2.29. The molecule has 216 valence electrons. The molecular formula is C30H28Cl2F3N3OS2. The first-order valence-electron chi connectivity index (χ1n) is 13.4. The van der Waals surface area contributed by atoms with Gasteiger partial charge in [-0.3, -0.25) is 4.57 Å². The molecule has 5 rings (SSSR count). The molecule has 1 aliphatic carbocycles. The lowest BCUT2D eigenvalue weighted by atomic mass is 9.86. The number of thiocarbonyl (C=S) groups is 1. The van der Waals surface area contributed by atoms with E-state index in [4.69, 9.17) is 35.4 Å². The van der Waals surface area contributed by atoms with E-state index >= 15 is 0 Å². The number of halogens is 5. The number of fused-ring (bicyclic) bond motifs is 3. The summed E-state index contributed by atoms with van der Waals surface area (Å²) in [7, 11) is 0. The standard InChI is InChI=1S/C30H28Cl2F3N3OS2/c31-21-11-8-20(9-12-21)5-2-1-4-19-6-3-7-24-25-16-22(39-30(33,34)35)13-15-27(25)38(26(24)14-10-19)29(40)37-18-23-17-36-28(32)41-23/h2,5,8-9,11-13,15-17,19H,1,3-4,6-7,10,14,18H2,(H,37,40)/b5-2+. The second-order valence-corrected chi connectivity index (χ2v) is 12.6. The van der Waals surface area contributed by atoms with Crippen molar-refractivity contribution in [3.63, 3.8) is 0 Å². The molecule has 0 amide bonds. The summed E-state index contributed by atoms with van der Waals surface area (Å²) in [4.78, 5) is 5.01. The highest BCUT2D eigenvalue weighted by atomic mass is 35.5. The third kappa shape index (κ3) is 7.83. The van der Waals surface area contributed by atoms with Crippen LogP contribution in [0.15, 0.2) is 54.7 Å². The molecule has 1 atom stereocenters. The molecule has 2 aromatic heterocycles. The fourth-order valence-corrected chi connectivity index (χ4v) is 6.76. The molecule has 0 saturated heterocycles. The minimum Gasteiger partial charge on any atom is -0.406 e. The number of thiazole rings is 1. The van der Waals surface area contributed by atoms with Gasteiger partial charge in [0.1, 0.15) is 5.75 Å². The number of ether oxygens (including phenoxy) is 1. The Morgan fingerprint density at radius 3 is 2.68 bits per heavy atom. The maximum absolute atomic E-state index is 13.0. The highest BCUT2D eigenvalue weighted by Gasteiger charge is 2.32. The predicted molar refractivity (Wildman–Crippen MR) is 165 cm³/mol. The molecular weight excluding hydrogens is 610 g/mol. The van der Waals surface area contributed by atoms with Crippen LogP contribution in [-0.4, -0.2) is 21.0 Å². The Labute approximate surface area is 256 Å². The van der Waals surface area contributed by atoms with Gasteiger partial charge in [-0.25, -0.2) is 4.98 Å². The molecule has 41 heavy (non-hydrogen) atoms. The van der Waals surface area contributed by atoms with E-state index in [2.05, 4.69) is 27.2 Å². The average Bonchev–Trinajstić information content (AvgIpc) is 3.46. The molecule has 1 N–H and O–H groups in total. The van der Waals surface area contributed by atoms with E-state index in [0.29, 0.717) is 22.0 Å². The van der Waals surface area contributed by atoms with Gasteiger partial charge >= 0.3 is 6.36 Å². The van der Waals surface area contributed by atoms with Crippen molar-refractivity contribution in [2.24, 2.45) is 5.92 Å². The number of aromatic nitrogens is 2. The smallest absolute Gasteiger partial charge is 0.406 e. The first-order chi connectivity index (χ1) is 19.7. The summed E-state index contributed by atoms with van der Waals surface area (Å²) in [6, 6.07) is 12.3. The predicted octanol–water partition coefficient (Wildman–Crippen LogP) is 9.60. The van der Waals surface area contributed by atoms with E-state index in [1.165, 1.54) is 23.5 Å². The number of allylic oxidation sites excluding steroid dienone is 1. The van der Waals surface area contributed by atoms with Gasteiger partial charge in [0.05, 0.1) is 12.1 Å². The fourth-order valence-electron chi connectivity index (χ4n) is 5.43. The van der Waals surface area contributed by atoms with Gasteiger partial charge < -0.3 is 10.1 Å². The first kappa shape index (κ1) is 29.9.